The van der Waals surface area contributed by atoms with E-state index < -0.39 is 0 Å². The van der Waals surface area contributed by atoms with Crippen molar-refractivity contribution < 1.29 is 9.63 Å². The molecule has 2 aromatic rings. The van der Waals surface area contributed by atoms with Crippen LogP contribution in [0.1, 0.15) is 35.9 Å². The summed E-state index contributed by atoms with van der Waals surface area (Å²) in [5, 5.41) is 14.5. The highest BCUT2D eigenvalue weighted by molar-refractivity contribution is 6.30. The molecule has 20 heavy (non-hydrogen) atoms. The van der Waals surface area contributed by atoms with Crippen molar-refractivity contribution in [3.05, 3.63) is 46.3 Å². The fourth-order valence-corrected chi connectivity index (χ4v) is 2.97. The zero-order valence-corrected chi connectivity index (χ0v) is 12.1. The van der Waals surface area contributed by atoms with Gasteiger partial charge in [0, 0.05) is 23.2 Å². The van der Waals surface area contributed by atoms with Gasteiger partial charge in [-0.1, -0.05) is 16.8 Å². The van der Waals surface area contributed by atoms with Gasteiger partial charge in [-0.2, -0.15) is 0 Å². The van der Waals surface area contributed by atoms with Crippen LogP contribution in [0.25, 0.3) is 0 Å². The predicted octanol–water partition coefficient (Wildman–Crippen LogP) is 3.68. The molecule has 1 N–H and O–H groups in total. The quantitative estimate of drug-likeness (QED) is 0.937. The van der Waals surface area contributed by atoms with Crippen molar-refractivity contribution in [2.24, 2.45) is 0 Å². The Morgan fingerprint density at radius 1 is 1.45 bits per heavy atom. The summed E-state index contributed by atoms with van der Waals surface area (Å²) in [6.45, 7) is 3.57. The molecule has 1 aliphatic rings. The maximum Gasteiger partial charge on any atom is 0.154 e. The minimum Gasteiger partial charge on any atom is -0.508 e. The van der Waals surface area contributed by atoms with Crippen molar-refractivity contribution in [3.8, 4) is 5.75 Å². The van der Waals surface area contributed by atoms with E-state index in [-0.39, 0.29) is 11.8 Å². The van der Waals surface area contributed by atoms with Crippen LogP contribution in [0.3, 0.4) is 0 Å². The number of halogens is 1. The van der Waals surface area contributed by atoms with E-state index >= 15 is 0 Å². The monoisotopic (exact) mass is 292 g/mol. The van der Waals surface area contributed by atoms with E-state index in [9.17, 15) is 5.11 Å². The van der Waals surface area contributed by atoms with E-state index in [0.717, 1.165) is 36.4 Å². The molecule has 1 aromatic heterocycles. The molecule has 1 unspecified atom stereocenters. The number of likely N-dealkylation sites (tertiary alicyclic amines) is 1. The molecule has 0 amide bonds. The number of phenolic OH excluding ortho intramolecular Hbond substituents is 1. The molecule has 5 heteroatoms. The molecular formula is C15H17ClN2O2. The molecule has 1 atom stereocenters. The second-order valence-corrected chi connectivity index (χ2v) is 5.71. The number of hydrogen-bond donors (Lipinski definition) is 1. The van der Waals surface area contributed by atoms with Gasteiger partial charge >= 0.3 is 0 Å². The Bertz CT molecular complexity index is 612. The molecule has 3 rings (SSSR count). The summed E-state index contributed by atoms with van der Waals surface area (Å²) >= 11 is 6.00. The first-order chi connectivity index (χ1) is 9.63. The number of nitrogens with zero attached hydrogens (tertiary/aromatic N) is 2. The molecule has 0 bridgehead atoms. The van der Waals surface area contributed by atoms with Crippen LogP contribution in [0, 0.1) is 6.92 Å². The normalized spacial score (nSPS) is 19.6. The van der Waals surface area contributed by atoms with Crippen molar-refractivity contribution in [3.63, 3.8) is 0 Å². The standard InChI is InChI=1S/C15H17ClN2O2/c1-10-7-15(20-17-10)13-3-2-6-18(13)9-11-8-12(16)4-5-14(11)19/h4-5,7-8,13,19H,2-3,6,9H2,1H3. The summed E-state index contributed by atoms with van der Waals surface area (Å²) in [6, 6.07) is 7.37. The van der Waals surface area contributed by atoms with Gasteiger partial charge < -0.3 is 9.63 Å². The van der Waals surface area contributed by atoms with Crippen LogP contribution < -0.4 is 0 Å². The number of rotatable bonds is 3. The van der Waals surface area contributed by atoms with E-state index in [1.165, 1.54) is 0 Å². The van der Waals surface area contributed by atoms with Gasteiger partial charge in [-0.3, -0.25) is 4.90 Å². The lowest BCUT2D eigenvalue weighted by atomic mass is 10.1. The molecule has 0 aliphatic carbocycles. The van der Waals surface area contributed by atoms with Crippen LogP contribution in [0.15, 0.2) is 28.8 Å². The smallest absolute Gasteiger partial charge is 0.154 e. The van der Waals surface area contributed by atoms with Crippen LogP contribution in [0.4, 0.5) is 0 Å². The third-order valence-corrected chi connectivity index (χ3v) is 3.99. The topological polar surface area (TPSA) is 49.5 Å². The minimum absolute atomic E-state index is 0.231. The average molecular weight is 293 g/mol. The van der Waals surface area contributed by atoms with Crippen LogP contribution in [-0.4, -0.2) is 21.7 Å². The first kappa shape index (κ1) is 13.5. The molecule has 1 aromatic carbocycles. The summed E-state index contributed by atoms with van der Waals surface area (Å²) in [4.78, 5) is 2.30. The largest absolute Gasteiger partial charge is 0.508 e. The Kier molecular flexibility index (Phi) is 3.68. The third-order valence-electron chi connectivity index (χ3n) is 3.75. The first-order valence-corrected chi connectivity index (χ1v) is 7.16. The Hall–Kier alpha value is -1.52. The second kappa shape index (κ2) is 5.46. The van der Waals surface area contributed by atoms with Crippen molar-refractivity contribution in [1.29, 1.82) is 0 Å². The van der Waals surface area contributed by atoms with Crippen molar-refractivity contribution in [2.45, 2.75) is 32.4 Å². The van der Waals surface area contributed by atoms with Crippen LogP contribution in [0.5, 0.6) is 5.75 Å². The lowest BCUT2D eigenvalue weighted by Gasteiger charge is -2.22. The van der Waals surface area contributed by atoms with E-state index in [2.05, 4.69) is 10.1 Å². The molecule has 1 saturated heterocycles. The maximum absolute atomic E-state index is 9.94. The Balaban J connectivity index is 1.81. The Labute approximate surface area is 122 Å². The summed E-state index contributed by atoms with van der Waals surface area (Å²) in [6.07, 6.45) is 2.17. The van der Waals surface area contributed by atoms with E-state index in [4.69, 9.17) is 16.1 Å². The van der Waals surface area contributed by atoms with Gasteiger partial charge in [-0.05, 0) is 44.5 Å². The summed E-state index contributed by atoms with van der Waals surface area (Å²) in [5.41, 5.74) is 1.75. The average Bonchev–Trinajstić information content (AvgIpc) is 3.02. The molecule has 0 spiro atoms. The number of aromatic hydroxyl groups is 1. The predicted molar refractivity (Wildman–Crippen MR) is 76.7 cm³/mol. The number of hydrogen-bond acceptors (Lipinski definition) is 4. The van der Waals surface area contributed by atoms with Crippen molar-refractivity contribution >= 4 is 11.6 Å². The van der Waals surface area contributed by atoms with Gasteiger partial charge in [-0.25, -0.2) is 0 Å². The highest BCUT2D eigenvalue weighted by Crippen LogP contribution is 2.35. The number of aromatic nitrogens is 1. The summed E-state index contributed by atoms with van der Waals surface area (Å²) in [7, 11) is 0. The fraction of sp³-hybridized carbons (Fsp3) is 0.400. The van der Waals surface area contributed by atoms with Crippen molar-refractivity contribution in [2.75, 3.05) is 6.54 Å². The molecule has 106 valence electrons. The molecule has 2 heterocycles. The molecule has 0 radical (unpaired) electrons. The Morgan fingerprint density at radius 2 is 2.30 bits per heavy atom. The van der Waals surface area contributed by atoms with E-state index in [0.29, 0.717) is 11.6 Å². The van der Waals surface area contributed by atoms with Gasteiger partial charge in [0.2, 0.25) is 0 Å². The van der Waals surface area contributed by atoms with Crippen molar-refractivity contribution in [1.82, 2.24) is 10.1 Å². The zero-order valence-electron chi connectivity index (χ0n) is 11.3. The number of phenols is 1. The zero-order chi connectivity index (χ0) is 14.1. The molecule has 0 saturated carbocycles. The summed E-state index contributed by atoms with van der Waals surface area (Å²) < 4.78 is 5.39. The lowest BCUT2D eigenvalue weighted by molar-refractivity contribution is 0.204. The molecule has 4 nitrogen and oxygen atoms in total. The van der Waals surface area contributed by atoms with Gasteiger partial charge in [0.1, 0.15) is 5.75 Å². The number of benzene rings is 1. The van der Waals surface area contributed by atoms with Crippen LogP contribution in [-0.2, 0) is 6.54 Å². The van der Waals surface area contributed by atoms with Gasteiger partial charge in [-0.15, -0.1) is 0 Å². The molecule has 1 fully saturated rings. The van der Waals surface area contributed by atoms with Crippen LogP contribution >= 0.6 is 11.6 Å². The minimum atomic E-state index is 0.231. The second-order valence-electron chi connectivity index (χ2n) is 5.27. The fourth-order valence-electron chi connectivity index (χ4n) is 2.78. The van der Waals surface area contributed by atoms with Gasteiger partial charge in [0.05, 0.1) is 11.7 Å². The Morgan fingerprint density at radius 3 is 3.05 bits per heavy atom. The molecular weight excluding hydrogens is 276 g/mol. The van der Waals surface area contributed by atoms with E-state index in [1.54, 1.807) is 12.1 Å². The number of aryl methyl sites for hydroxylation is 1. The summed E-state index contributed by atoms with van der Waals surface area (Å²) in [5.74, 6) is 1.19. The van der Waals surface area contributed by atoms with E-state index in [1.807, 2.05) is 19.1 Å². The van der Waals surface area contributed by atoms with Crippen LogP contribution in [0.2, 0.25) is 5.02 Å². The third kappa shape index (κ3) is 2.67. The highest BCUT2D eigenvalue weighted by atomic mass is 35.5. The first-order valence-electron chi connectivity index (χ1n) is 6.78. The van der Waals surface area contributed by atoms with Gasteiger partial charge in [0.25, 0.3) is 0 Å². The maximum atomic E-state index is 9.94. The molecule has 1 aliphatic heterocycles. The highest BCUT2D eigenvalue weighted by Gasteiger charge is 2.29. The lowest BCUT2D eigenvalue weighted by Crippen LogP contribution is -2.22. The van der Waals surface area contributed by atoms with Gasteiger partial charge in [0.15, 0.2) is 5.76 Å². The SMILES string of the molecule is Cc1cc(C2CCCN2Cc2cc(Cl)ccc2O)on1.